The molecule has 112 valence electrons. The monoisotopic (exact) mass is 280 g/mol. The number of anilines is 1. The molecule has 1 aliphatic heterocycles. The maximum atomic E-state index is 13.9. The second kappa shape index (κ2) is 6.55. The molecule has 1 aromatic carbocycles. The number of aliphatic hydroxyl groups is 1. The standard InChI is InChI=1S/C16H25FN2O/c1-12(2)11-18-7-9-19(10-8-18)15-6-4-5-14(17)16(15)13(3)20/h4-6,12-13,20H,7-11H2,1-3H3. The van der Waals surface area contributed by atoms with Gasteiger partial charge in [0.05, 0.1) is 6.10 Å². The van der Waals surface area contributed by atoms with Crippen molar-refractivity contribution < 1.29 is 9.50 Å². The fourth-order valence-corrected chi connectivity index (χ4v) is 2.90. The Balaban J connectivity index is 2.09. The predicted molar refractivity (Wildman–Crippen MR) is 80.5 cm³/mol. The van der Waals surface area contributed by atoms with Crippen LogP contribution in [0.15, 0.2) is 18.2 Å². The third-order valence-electron chi connectivity index (χ3n) is 3.78. The molecule has 0 amide bonds. The number of halogens is 1. The molecule has 1 saturated heterocycles. The van der Waals surface area contributed by atoms with Crippen LogP contribution in [-0.2, 0) is 0 Å². The van der Waals surface area contributed by atoms with Gasteiger partial charge in [-0.1, -0.05) is 19.9 Å². The first-order chi connectivity index (χ1) is 9.49. The average Bonchev–Trinajstić information content (AvgIpc) is 2.38. The minimum Gasteiger partial charge on any atom is -0.389 e. The quantitative estimate of drug-likeness (QED) is 0.918. The van der Waals surface area contributed by atoms with Crippen LogP contribution in [0.25, 0.3) is 0 Å². The Morgan fingerprint density at radius 2 is 1.80 bits per heavy atom. The first-order valence-corrected chi connectivity index (χ1v) is 7.42. The molecule has 0 aliphatic carbocycles. The highest BCUT2D eigenvalue weighted by atomic mass is 19.1. The lowest BCUT2D eigenvalue weighted by atomic mass is 10.1. The van der Waals surface area contributed by atoms with Gasteiger partial charge in [-0.3, -0.25) is 4.90 Å². The third kappa shape index (κ3) is 3.49. The average molecular weight is 280 g/mol. The van der Waals surface area contributed by atoms with Crippen LogP contribution in [0.5, 0.6) is 0 Å². The van der Waals surface area contributed by atoms with Crippen LogP contribution in [0, 0.1) is 11.7 Å². The van der Waals surface area contributed by atoms with Gasteiger partial charge < -0.3 is 10.0 Å². The summed E-state index contributed by atoms with van der Waals surface area (Å²) in [5.74, 6) is 0.353. The highest BCUT2D eigenvalue weighted by molar-refractivity contribution is 5.55. The van der Waals surface area contributed by atoms with E-state index in [4.69, 9.17) is 0 Å². The minimum absolute atomic E-state index is 0.317. The van der Waals surface area contributed by atoms with E-state index in [1.54, 1.807) is 13.0 Å². The van der Waals surface area contributed by atoms with E-state index in [0.29, 0.717) is 11.5 Å². The van der Waals surface area contributed by atoms with Crippen molar-refractivity contribution >= 4 is 5.69 Å². The molecule has 4 heteroatoms. The summed E-state index contributed by atoms with van der Waals surface area (Å²) in [4.78, 5) is 4.63. The zero-order valence-corrected chi connectivity index (χ0v) is 12.6. The Bertz CT molecular complexity index is 440. The molecule has 0 saturated carbocycles. The Labute approximate surface area is 121 Å². The lowest BCUT2D eigenvalue weighted by Crippen LogP contribution is -2.47. The smallest absolute Gasteiger partial charge is 0.131 e. The van der Waals surface area contributed by atoms with E-state index in [-0.39, 0.29) is 5.82 Å². The molecular weight excluding hydrogens is 255 g/mol. The zero-order chi connectivity index (χ0) is 14.7. The number of rotatable bonds is 4. The van der Waals surface area contributed by atoms with Crippen LogP contribution in [-0.4, -0.2) is 42.7 Å². The molecule has 1 unspecified atom stereocenters. The Kier molecular flexibility index (Phi) is 5.00. The molecule has 2 rings (SSSR count). The molecule has 1 aromatic rings. The Morgan fingerprint density at radius 1 is 1.15 bits per heavy atom. The van der Waals surface area contributed by atoms with Crippen molar-refractivity contribution in [1.82, 2.24) is 4.90 Å². The zero-order valence-electron chi connectivity index (χ0n) is 12.6. The van der Waals surface area contributed by atoms with Gasteiger partial charge in [0.2, 0.25) is 0 Å². The fraction of sp³-hybridized carbons (Fsp3) is 0.625. The second-order valence-electron chi connectivity index (χ2n) is 6.03. The van der Waals surface area contributed by atoms with E-state index >= 15 is 0 Å². The normalized spacial score (nSPS) is 18.6. The number of nitrogens with zero attached hydrogens (tertiary/aromatic N) is 2. The van der Waals surface area contributed by atoms with E-state index in [1.165, 1.54) is 6.07 Å². The molecule has 1 heterocycles. The second-order valence-corrected chi connectivity index (χ2v) is 6.03. The summed E-state index contributed by atoms with van der Waals surface area (Å²) in [6.07, 6.45) is -0.778. The maximum absolute atomic E-state index is 13.9. The molecule has 3 nitrogen and oxygen atoms in total. The first kappa shape index (κ1) is 15.3. The van der Waals surface area contributed by atoms with Crippen LogP contribution in [0.2, 0.25) is 0 Å². The van der Waals surface area contributed by atoms with Crippen LogP contribution in [0.4, 0.5) is 10.1 Å². The topological polar surface area (TPSA) is 26.7 Å². The van der Waals surface area contributed by atoms with E-state index in [2.05, 4.69) is 23.6 Å². The number of aliphatic hydroxyl groups excluding tert-OH is 1. The highest BCUT2D eigenvalue weighted by Crippen LogP contribution is 2.29. The van der Waals surface area contributed by atoms with Gasteiger partial charge in [0, 0.05) is 44.0 Å². The van der Waals surface area contributed by atoms with Gasteiger partial charge in [-0.05, 0) is 25.0 Å². The molecule has 1 fully saturated rings. The van der Waals surface area contributed by atoms with Crippen LogP contribution in [0.1, 0.15) is 32.4 Å². The Hall–Kier alpha value is -1.13. The van der Waals surface area contributed by atoms with Crippen molar-refractivity contribution in [3.05, 3.63) is 29.6 Å². The number of benzene rings is 1. The first-order valence-electron chi connectivity index (χ1n) is 7.42. The van der Waals surface area contributed by atoms with Crippen molar-refractivity contribution in [2.24, 2.45) is 5.92 Å². The summed E-state index contributed by atoms with van der Waals surface area (Å²) in [5.41, 5.74) is 1.26. The molecule has 0 aromatic heterocycles. The number of piperazine rings is 1. The van der Waals surface area contributed by atoms with Crippen molar-refractivity contribution in [1.29, 1.82) is 0 Å². The molecule has 1 aliphatic rings. The van der Waals surface area contributed by atoms with Crippen molar-refractivity contribution in [2.75, 3.05) is 37.6 Å². The molecule has 0 bridgehead atoms. The van der Waals surface area contributed by atoms with Crippen molar-refractivity contribution in [2.45, 2.75) is 26.9 Å². The molecule has 20 heavy (non-hydrogen) atoms. The van der Waals surface area contributed by atoms with Gasteiger partial charge in [-0.15, -0.1) is 0 Å². The lowest BCUT2D eigenvalue weighted by molar-refractivity contribution is 0.193. The predicted octanol–water partition coefficient (Wildman–Crippen LogP) is 2.66. The third-order valence-corrected chi connectivity index (χ3v) is 3.78. The molecule has 0 radical (unpaired) electrons. The Morgan fingerprint density at radius 3 is 2.35 bits per heavy atom. The van der Waals surface area contributed by atoms with E-state index in [0.717, 1.165) is 38.4 Å². The summed E-state index contributed by atoms with van der Waals surface area (Å²) in [6, 6.07) is 5.04. The minimum atomic E-state index is -0.778. The molecular formula is C16H25FN2O. The SMILES string of the molecule is CC(C)CN1CCN(c2cccc(F)c2C(C)O)CC1. The van der Waals surface area contributed by atoms with Crippen molar-refractivity contribution in [3.63, 3.8) is 0 Å². The largest absolute Gasteiger partial charge is 0.389 e. The molecule has 0 spiro atoms. The van der Waals surface area contributed by atoms with Gasteiger partial charge in [0.1, 0.15) is 5.82 Å². The molecule has 1 N–H and O–H groups in total. The number of hydrogen-bond acceptors (Lipinski definition) is 3. The summed E-state index contributed by atoms with van der Waals surface area (Å²) in [7, 11) is 0. The van der Waals surface area contributed by atoms with Crippen LogP contribution in [0.3, 0.4) is 0 Å². The van der Waals surface area contributed by atoms with E-state index in [1.807, 2.05) is 6.07 Å². The van der Waals surface area contributed by atoms with Crippen molar-refractivity contribution in [3.8, 4) is 0 Å². The van der Waals surface area contributed by atoms with Gasteiger partial charge in [0.25, 0.3) is 0 Å². The van der Waals surface area contributed by atoms with Crippen LogP contribution >= 0.6 is 0 Å². The summed E-state index contributed by atoms with van der Waals surface area (Å²) in [6.45, 7) is 10.9. The maximum Gasteiger partial charge on any atom is 0.131 e. The van der Waals surface area contributed by atoms with E-state index in [9.17, 15) is 9.50 Å². The van der Waals surface area contributed by atoms with Gasteiger partial charge in [-0.2, -0.15) is 0 Å². The summed E-state index contributed by atoms with van der Waals surface area (Å²) < 4.78 is 13.9. The molecule has 1 atom stereocenters. The lowest BCUT2D eigenvalue weighted by Gasteiger charge is -2.38. The van der Waals surface area contributed by atoms with Gasteiger partial charge in [-0.25, -0.2) is 4.39 Å². The van der Waals surface area contributed by atoms with Gasteiger partial charge in [0.15, 0.2) is 0 Å². The van der Waals surface area contributed by atoms with E-state index < -0.39 is 6.10 Å². The summed E-state index contributed by atoms with van der Waals surface area (Å²) >= 11 is 0. The summed E-state index contributed by atoms with van der Waals surface area (Å²) in [5, 5.41) is 9.81. The highest BCUT2D eigenvalue weighted by Gasteiger charge is 2.22. The van der Waals surface area contributed by atoms with Crippen LogP contribution < -0.4 is 4.90 Å². The fourth-order valence-electron chi connectivity index (χ4n) is 2.90. The number of hydrogen-bond donors (Lipinski definition) is 1. The van der Waals surface area contributed by atoms with Gasteiger partial charge >= 0.3 is 0 Å².